The molecular weight excluding hydrogens is 286 g/mol. The highest BCUT2D eigenvalue weighted by Crippen LogP contribution is 2.24. The Morgan fingerprint density at radius 3 is 2.39 bits per heavy atom. The summed E-state index contributed by atoms with van der Waals surface area (Å²) in [7, 11) is 0. The highest BCUT2D eigenvalue weighted by molar-refractivity contribution is 6.00. The Morgan fingerprint density at radius 2 is 1.70 bits per heavy atom. The van der Waals surface area contributed by atoms with Gasteiger partial charge in [0.1, 0.15) is 0 Å². The molecular formula is C20H23NO2. The Bertz CT molecular complexity index is 627. The number of benzene rings is 2. The third-order valence-electron chi connectivity index (χ3n) is 4.55. The van der Waals surface area contributed by atoms with E-state index >= 15 is 0 Å². The van der Waals surface area contributed by atoms with Crippen molar-refractivity contribution in [1.29, 1.82) is 0 Å². The van der Waals surface area contributed by atoms with Crippen LogP contribution in [0.5, 0.6) is 0 Å². The lowest BCUT2D eigenvalue weighted by molar-refractivity contribution is 0.0882. The van der Waals surface area contributed by atoms with Gasteiger partial charge in [0.15, 0.2) is 5.78 Å². The minimum absolute atomic E-state index is 0.140. The zero-order chi connectivity index (χ0) is 16.1. The summed E-state index contributed by atoms with van der Waals surface area (Å²) in [5.74, 6) is 0.157. The molecule has 1 aliphatic heterocycles. The first-order valence-electron chi connectivity index (χ1n) is 8.32. The van der Waals surface area contributed by atoms with Gasteiger partial charge in [0.2, 0.25) is 0 Å². The Labute approximate surface area is 137 Å². The molecule has 1 aliphatic rings. The van der Waals surface area contributed by atoms with Gasteiger partial charge in [0.25, 0.3) is 0 Å². The number of carbonyl (C=O) groups excluding carboxylic acids is 1. The molecule has 0 spiro atoms. The second-order valence-corrected chi connectivity index (χ2v) is 6.24. The average Bonchev–Trinajstić information content (AvgIpc) is 2.63. The first kappa shape index (κ1) is 15.9. The zero-order valence-corrected chi connectivity index (χ0v) is 13.2. The summed E-state index contributed by atoms with van der Waals surface area (Å²) in [6.07, 6.45) is 3.04. The van der Waals surface area contributed by atoms with Crippen LogP contribution in [0.3, 0.4) is 0 Å². The largest absolute Gasteiger partial charge is 0.388 e. The molecule has 0 aromatic heterocycles. The maximum Gasteiger partial charge on any atom is 0.179 e. The molecule has 1 saturated heterocycles. The number of Topliss-reactive ketones (excluding diaryl/α,β-unsaturated/α-hetero) is 1. The monoisotopic (exact) mass is 309 g/mol. The van der Waals surface area contributed by atoms with Crippen molar-refractivity contribution >= 4 is 5.78 Å². The normalized spacial score (nSPS) is 22.5. The second kappa shape index (κ2) is 7.53. The Kier molecular flexibility index (Phi) is 5.21. The van der Waals surface area contributed by atoms with Crippen molar-refractivity contribution in [2.45, 2.75) is 43.9 Å². The summed E-state index contributed by atoms with van der Waals surface area (Å²) >= 11 is 0. The highest BCUT2D eigenvalue weighted by Gasteiger charge is 2.28. The maximum atomic E-state index is 12.6. The SMILES string of the molecule is O=C(c1ccccc1)C1CCCC(CC(O)c2ccccc2)N1. The number of aliphatic hydroxyl groups is 1. The van der Waals surface area contributed by atoms with Gasteiger partial charge in [-0.25, -0.2) is 0 Å². The van der Waals surface area contributed by atoms with E-state index in [-0.39, 0.29) is 17.9 Å². The molecule has 0 amide bonds. The van der Waals surface area contributed by atoms with E-state index in [1.807, 2.05) is 60.7 Å². The molecule has 0 radical (unpaired) electrons. The van der Waals surface area contributed by atoms with Crippen LogP contribution < -0.4 is 5.32 Å². The molecule has 3 atom stereocenters. The summed E-state index contributed by atoms with van der Waals surface area (Å²) in [6, 6.07) is 19.2. The summed E-state index contributed by atoms with van der Waals surface area (Å²) in [6.45, 7) is 0. The molecule has 0 aliphatic carbocycles. The van der Waals surface area contributed by atoms with E-state index in [0.717, 1.165) is 30.4 Å². The van der Waals surface area contributed by atoms with Gasteiger partial charge >= 0.3 is 0 Å². The molecule has 23 heavy (non-hydrogen) atoms. The fourth-order valence-corrected chi connectivity index (χ4v) is 3.30. The van der Waals surface area contributed by atoms with Crippen molar-refractivity contribution in [3.05, 3.63) is 71.8 Å². The smallest absolute Gasteiger partial charge is 0.179 e. The molecule has 1 heterocycles. The number of hydrogen-bond acceptors (Lipinski definition) is 3. The van der Waals surface area contributed by atoms with E-state index in [1.165, 1.54) is 0 Å². The number of carbonyl (C=O) groups is 1. The highest BCUT2D eigenvalue weighted by atomic mass is 16.3. The van der Waals surface area contributed by atoms with Gasteiger partial charge in [-0.2, -0.15) is 0 Å². The summed E-state index contributed by atoms with van der Waals surface area (Å²) in [4.78, 5) is 12.6. The predicted octanol–water partition coefficient (Wildman–Crippen LogP) is 3.50. The number of piperidine rings is 1. The van der Waals surface area contributed by atoms with E-state index in [1.54, 1.807) is 0 Å². The van der Waals surface area contributed by atoms with E-state index < -0.39 is 6.10 Å². The van der Waals surface area contributed by atoms with Crippen molar-refractivity contribution in [1.82, 2.24) is 5.32 Å². The van der Waals surface area contributed by atoms with Crippen LogP contribution in [0.25, 0.3) is 0 Å². The quantitative estimate of drug-likeness (QED) is 0.831. The topological polar surface area (TPSA) is 49.3 Å². The maximum absolute atomic E-state index is 12.6. The number of rotatable bonds is 5. The standard InChI is InChI=1S/C20H23NO2/c22-19(15-8-3-1-4-9-15)14-17-12-7-13-18(21-17)20(23)16-10-5-2-6-11-16/h1-6,8-11,17-19,21-22H,7,12-14H2. The van der Waals surface area contributed by atoms with Gasteiger partial charge in [-0.3, -0.25) is 4.79 Å². The van der Waals surface area contributed by atoms with Crippen molar-refractivity contribution < 1.29 is 9.90 Å². The van der Waals surface area contributed by atoms with Gasteiger partial charge in [0.05, 0.1) is 12.1 Å². The first-order valence-corrected chi connectivity index (χ1v) is 8.32. The van der Waals surface area contributed by atoms with Crippen molar-refractivity contribution in [3.63, 3.8) is 0 Å². The van der Waals surface area contributed by atoms with Crippen LogP contribution in [0.4, 0.5) is 0 Å². The molecule has 0 saturated carbocycles. The van der Waals surface area contributed by atoms with Crippen LogP contribution in [0.2, 0.25) is 0 Å². The molecule has 0 bridgehead atoms. The van der Waals surface area contributed by atoms with Crippen LogP contribution >= 0.6 is 0 Å². The van der Waals surface area contributed by atoms with E-state index in [0.29, 0.717) is 6.42 Å². The lowest BCUT2D eigenvalue weighted by atomic mass is 9.89. The van der Waals surface area contributed by atoms with Crippen LogP contribution in [0, 0.1) is 0 Å². The minimum Gasteiger partial charge on any atom is -0.388 e. The fraction of sp³-hybridized carbons (Fsp3) is 0.350. The van der Waals surface area contributed by atoms with Crippen molar-refractivity contribution in [2.24, 2.45) is 0 Å². The number of hydrogen-bond donors (Lipinski definition) is 2. The summed E-state index contributed by atoms with van der Waals surface area (Å²) < 4.78 is 0. The fourth-order valence-electron chi connectivity index (χ4n) is 3.30. The summed E-state index contributed by atoms with van der Waals surface area (Å²) in [5.41, 5.74) is 1.69. The molecule has 120 valence electrons. The Morgan fingerprint density at radius 1 is 1.04 bits per heavy atom. The zero-order valence-electron chi connectivity index (χ0n) is 13.2. The molecule has 2 N–H and O–H groups in total. The lowest BCUT2D eigenvalue weighted by Gasteiger charge is -2.31. The number of nitrogens with one attached hydrogen (secondary N) is 1. The number of aliphatic hydroxyl groups excluding tert-OH is 1. The third-order valence-corrected chi connectivity index (χ3v) is 4.55. The van der Waals surface area contributed by atoms with Crippen molar-refractivity contribution in [2.75, 3.05) is 0 Å². The Hall–Kier alpha value is -1.97. The average molecular weight is 309 g/mol. The molecule has 3 heteroatoms. The first-order chi connectivity index (χ1) is 11.2. The van der Waals surface area contributed by atoms with Crippen LogP contribution in [-0.4, -0.2) is 23.0 Å². The van der Waals surface area contributed by atoms with Gasteiger partial charge in [0, 0.05) is 11.6 Å². The molecule has 3 nitrogen and oxygen atoms in total. The molecule has 3 unspecified atom stereocenters. The molecule has 1 fully saturated rings. The van der Waals surface area contributed by atoms with Gasteiger partial charge in [-0.15, -0.1) is 0 Å². The van der Waals surface area contributed by atoms with Crippen molar-refractivity contribution in [3.8, 4) is 0 Å². The van der Waals surface area contributed by atoms with Crippen LogP contribution in [-0.2, 0) is 0 Å². The van der Waals surface area contributed by atoms with Crippen LogP contribution in [0.15, 0.2) is 60.7 Å². The molecule has 2 aromatic carbocycles. The van der Waals surface area contributed by atoms with Gasteiger partial charge in [-0.05, 0) is 31.2 Å². The van der Waals surface area contributed by atoms with E-state index in [9.17, 15) is 9.90 Å². The third kappa shape index (κ3) is 4.06. The van der Waals surface area contributed by atoms with Gasteiger partial charge < -0.3 is 10.4 Å². The minimum atomic E-state index is -0.487. The van der Waals surface area contributed by atoms with Gasteiger partial charge in [-0.1, -0.05) is 60.7 Å². The second-order valence-electron chi connectivity index (χ2n) is 6.24. The van der Waals surface area contributed by atoms with E-state index in [4.69, 9.17) is 0 Å². The lowest BCUT2D eigenvalue weighted by Crippen LogP contribution is -2.47. The molecule has 2 aromatic rings. The predicted molar refractivity (Wildman–Crippen MR) is 91.4 cm³/mol. The molecule has 3 rings (SSSR count). The van der Waals surface area contributed by atoms with Crippen LogP contribution in [0.1, 0.15) is 47.7 Å². The number of ketones is 1. The van der Waals surface area contributed by atoms with E-state index in [2.05, 4.69) is 5.32 Å². The Balaban J connectivity index is 1.61. The summed E-state index contributed by atoms with van der Waals surface area (Å²) in [5, 5.41) is 13.8.